The third kappa shape index (κ3) is 2.20. The van der Waals surface area contributed by atoms with Gasteiger partial charge in [0, 0.05) is 17.3 Å². The second-order valence-electron chi connectivity index (χ2n) is 6.38. The van der Waals surface area contributed by atoms with Gasteiger partial charge in [-0.25, -0.2) is 4.39 Å². The van der Waals surface area contributed by atoms with Crippen molar-refractivity contribution in [3.8, 4) is 6.07 Å². The fourth-order valence-corrected chi connectivity index (χ4v) is 3.53. The molecule has 0 radical (unpaired) electrons. The van der Waals surface area contributed by atoms with E-state index < -0.39 is 5.82 Å². The minimum Gasteiger partial charge on any atom is -0.364 e. The van der Waals surface area contributed by atoms with Crippen LogP contribution in [0.2, 0.25) is 0 Å². The largest absolute Gasteiger partial charge is 0.364 e. The number of hydrogen-bond acceptors (Lipinski definition) is 2. The summed E-state index contributed by atoms with van der Waals surface area (Å²) in [4.78, 5) is 2.27. The maximum Gasteiger partial charge on any atom is 0.143 e. The molecule has 1 heterocycles. The van der Waals surface area contributed by atoms with Crippen molar-refractivity contribution in [1.29, 1.82) is 5.26 Å². The highest BCUT2D eigenvalue weighted by Gasteiger charge is 2.38. The molecular formula is C16H21FN2. The maximum absolute atomic E-state index is 13.9. The van der Waals surface area contributed by atoms with E-state index in [-0.39, 0.29) is 11.1 Å². The van der Waals surface area contributed by atoms with Crippen LogP contribution in [0.3, 0.4) is 0 Å². The van der Waals surface area contributed by atoms with Crippen molar-refractivity contribution in [2.75, 3.05) is 4.90 Å². The minimum absolute atomic E-state index is 0.00117. The molecule has 0 aromatic heterocycles. The Balaban J connectivity index is 2.67. The van der Waals surface area contributed by atoms with Crippen molar-refractivity contribution in [2.24, 2.45) is 0 Å². The van der Waals surface area contributed by atoms with Gasteiger partial charge in [-0.1, -0.05) is 6.92 Å². The van der Waals surface area contributed by atoms with Gasteiger partial charge in [-0.15, -0.1) is 0 Å². The highest BCUT2D eigenvalue weighted by Crippen LogP contribution is 2.45. The molecule has 1 aromatic rings. The van der Waals surface area contributed by atoms with Crippen LogP contribution in [0.1, 0.15) is 58.1 Å². The van der Waals surface area contributed by atoms with Gasteiger partial charge in [0.25, 0.3) is 0 Å². The highest BCUT2D eigenvalue weighted by molar-refractivity contribution is 5.62. The first-order chi connectivity index (χ1) is 8.77. The molecule has 0 fully saturated rings. The summed E-state index contributed by atoms with van der Waals surface area (Å²) in [5.74, 6) is -0.0792. The van der Waals surface area contributed by atoms with E-state index in [1.54, 1.807) is 6.07 Å². The summed E-state index contributed by atoms with van der Waals surface area (Å²) in [5, 5.41) is 8.98. The van der Waals surface area contributed by atoms with Gasteiger partial charge in [0.2, 0.25) is 0 Å². The van der Waals surface area contributed by atoms with Crippen LogP contribution in [-0.2, 0) is 0 Å². The van der Waals surface area contributed by atoms with Crippen LogP contribution in [0.4, 0.5) is 10.1 Å². The number of hydrogen-bond donors (Lipinski definition) is 0. The Kier molecular flexibility index (Phi) is 3.30. The van der Waals surface area contributed by atoms with Gasteiger partial charge in [-0.05, 0) is 57.7 Å². The molecular weight excluding hydrogens is 239 g/mol. The van der Waals surface area contributed by atoms with Gasteiger partial charge in [-0.2, -0.15) is 5.26 Å². The van der Waals surface area contributed by atoms with Gasteiger partial charge in [-0.3, -0.25) is 0 Å². The molecule has 0 saturated carbocycles. The van der Waals surface area contributed by atoms with Crippen LogP contribution in [-0.4, -0.2) is 11.6 Å². The van der Waals surface area contributed by atoms with Crippen LogP contribution >= 0.6 is 0 Å². The van der Waals surface area contributed by atoms with E-state index in [1.807, 2.05) is 6.07 Å². The molecule has 0 bridgehead atoms. The first-order valence-electron chi connectivity index (χ1n) is 6.81. The molecule has 1 aliphatic rings. The van der Waals surface area contributed by atoms with Crippen molar-refractivity contribution < 1.29 is 4.39 Å². The summed E-state index contributed by atoms with van der Waals surface area (Å²) in [6.07, 6.45) is 1.01. The number of rotatable bonds is 1. The Hall–Kier alpha value is -1.56. The molecule has 0 amide bonds. The number of nitrogens with zero attached hydrogens (tertiary/aromatic N) is 2. The second-order valence-corrected chi connectivity index (χ2v) is 6.38. The van der Waals surface area contributed by atoms with E-state index in [2.05, 4.69) is 39.5 Å². The average molecular weight is 260 g/mol. The summed E-state index contributed by atoms with van der Waals surface area (Å²) in [7, 11) is 0. The number of nitriles is 1. The standard InChI is InChI=1S/C16H21FN2/c1-10(2)19-15-7-14(17)12(9-18)6-13(15)11(3)8-16(19,4)5/h6-7,10-11H,8H2,1-5H3/t11-/m1/s1. The van der Waals surface area contributed by atoms with Gasteiger partial charge in [0.15, 0.2) is 0 Å². The SMILES string of the molecule is CC(C)N1c2cc(F)c(C#N)cc2[C@H](C)CC1(C)C. The molecule has 1 aliphatic heterocycles. The van der Waals surface area contributed by atoms with Gasteiger partial charge in [0.1, 0.15) is 11.9 Å². The Morgan fingerprint density at radius 2 is 2.05 bits per heavy atom. The molecule has 0 N–H and O–H groups in total. The minimum atomic E-state index is -0.420. The van der Waals surface area contributed by atoms with E-state index in [1.165, 1.54) is 6.07 Å². The van der Waals surface area contributed by atoms with Gasteiger partial charge >= 0.3 is 0 Å². The second kappa shape index (κ2) is 4.52. The first-order valence-corrected chi connectivity index (χ1v) is 6.81. The zero-order chi connectivity index (χ0) is 14.4. The zero-order valence-electron chi connectivity index (χ0n) is 12.3. The number of halogens is 1. The lowest BCUT2D eigenvalue weighted by atomic mass is 9.79. The summed E-state index contributed by atoms with van der Waals surface area (Å²) in [5.41, 5.74) is 2.18. The Bertz CT molecular complexity index is 540. The van der Waals surface area contributed by atoms with Crippen molar-refractivity contribution >= 4 is 5.69 Å². The summed E-state index contributed by atoms with van der Waals surface area (Å²) < 4.78 is 13.9. The summed E-state index contributed by atoms with van der Waals surface area (Å²) >= 11 is 0. The van der Waals surface area contributed by atoms with Gasteiger partial charge < -0.3 is 4.90 Å². The van der Waals surface area contributed by atoms with Crippen molar-refractivity contribution in [2.45, 2.75) is 58.5 Å². The fourth-order valence-electron chi connectivity index (χ4n) is 3.53. The van der Waals surface area contributed by atoms with Crippen LogP contribution in [0.15, 0.2) is 12.1 Å². The lowest BCUT2D eigenvalue weighted by molar-refractivity contribution is 0.355. The quantitative estimate of drug-likeness (QED) is 0.756. The molecule has 0 spiro atoms. The Morgan fingerprint density at radius 1 is 1.42 bits per heavy atom. The van der Waals surface area contributed by atoms with E-state index >= 15 is 0 Å². The molecule has 3 heteroatoms. The monoisotopic (exact) mass is 260 g/mol. The third-order valence-electron chi connectivity index (χ3n) is 4.00. The maximum atomic E-state index is 13.9. The summed E-state index contributed by atoms with van der Waals surface area (Å²) in [6.45, 7) is 10.8. The molecule has 1 atom stereocenters. The number of fused-ring (bicyclic) bond motifs is 1. The highest BCUT2D eigenvalue weighted by atomic mass is 19.1. The Morgan fingerprint density at radius 3 is 2.58 bits per heavy atom. The van der Waals surface area contributed by atoms with Crippen molar-refractivity contribution in [3.05, 3.63) is 29.1 Å². The summed E-state index contributed by atoms with van der Waals surface area (Å²) in [6, 6.07) is 5.49. The van der Waals surface area contributed by atoms with Crippen LogP contribution in [0, 0.1) is 17.1 Å². The van der Waals surface area contributed by atoms with E-state index in [0.29, 0.717) is 12.0 Å². The van der Waals surface area contributed by atoms with Crippen molar-refractivity contribution in [1.82, 2.24) is 0 Å². The smallest absolute Gasteiger partial charge is 0.143 e. The molecule has 2 rings (SSSR count). The predicted molar refractivity (Wildman–Crippen MR) is 75.8 cm³/mol. The first kappa shape index (κ1) is 13.9. The topological polar surface area (TPSA) is 27.0 Å². The zero-order valence-corrected chi connectivity index (χ0v) is 12.3. The molecule has 0 unspecified atom stereocenters. The molecule has 0 aliphatic carbocycles. The Labute approximate surface area is 114 Å². The van der Waals surface area contributed by atoms with Crippen molar-refractivity contribution in [3.63, 3.8) is 0 Å². The normalized spacial score (nSPS) is 21.2. The third-order valence-corrected chi connectivity index (χ3v) is 4.00. The lowest BCUT2D eigenvalue weighted by Crippen LogP contribution is -2.51. The predicted octanol–water partition coefficient (Wildman–Crippen LogP) is 4.20. The van der Waals surface area contributed by atoms with Crippen LogP contribution in [0.5, 0.6) is 0 Å². The van der Waals surface area contributed by atoms with E-state index in [9.17, 15) is 4.39 Å². The molecule has 19 heavy (non-hydrogen) atoms. The van der Waals surface area contributed by atoms with E-state index in [4.69, 9.17) is 5.26 Å². The molecule has 2 nitrogen and oxygen atoms in total. The lowest BCUT2D eigenvalue weighted by Gasteiger charge is -2.50. The number of benzene rings is 1. The van der Waals surface area contributed by atoms with E-state index in [0.717, 1.165) is 17.7 Å². The average Bonchev–Trinajstić information content (AvgIpc) is 2.26. The van der Waals surface area contributed by atoms with Gasteiger partial charge in [0.05, 0.1) is 5.56 Å². The fraction of sp³-hybridized carbons (Fsp3) is 0.562. The molecule has 102 valence electrons. The molecule has 0 saturated heterocycles. The number of anilines is 1. The van der Waals surface area contributed by atoms with Crippen LogP contribution in [0.25, 0.3) is 0 Å². The van der Waals surface area contributed by atoms with Crippen LogP contribution < -0.4 is 4.90 Å². The molecule has 1 aromatic carbocycles.